The smallest absolute Gasteiger partial charge is 0.113 e. The Balaban J connectivity index is 1.85. The summed E-state index contributed by atoms with van der Waals surface area (Å²) >= 11 is 1.70. The molecule has 0 aromatic carbocycles. The summed E-state index contributed by atoms with van der Waals surface area (Å²) in [7, 11) is 0. The molecule has 1 aliphatic carbocycles. The van der Waals surface area contributed by atoms with Gasteiger partial charge in [-0.15, -0.1) is 11.3 Å². The van der Waals surface area contributed by atoms with E-state index in [0.717, 1.165) is 35.2 Å². The minimum Gasteiger partial charge on any atom is -0.360 e. The van der Waals surface area contributed by atoms with Crippen LogP contribution in [-0.4, -0.2) is 9.97 Å². The predicted octanol–water partition coefficient (Wildman–Crippen LogP) is 3.50. The Morgan fingerprint density at radius 1 is 1.44 bits per heavy atom. The lowest BCUT2D eigenvalue weighted by Gasteiger charge is -2.34. The van der Waals surface area contributed by atoms with Crippen molar-refractivity contribution in [1.82, 2.24) is 9.97 Å². The number of rotatable bonds is 2. The number of aromatic nitrogens is 2. The van der Waals surface area contributed by atoms with Gasteiger partial charge in [0.25, 0.3) is 0 Å². The number of aromatic amines is 1. The third kappa shape index (κ3) is 2.10. The van der Waals surface area contributed by atoms with E-state index in [4.69, 9.17) is 10.7 Å². The van der Waals surface area contributed by atoms with E-state index in [9.17, 15) is 0 Å². The maximum Gasteiger partial charge on any atom is 0.113 e. The molecule has 4 heteroatoms. The SMILES string of the molecule is CC1CCC(N)(c2nc(-c3ccc[nH]3)cs2)CC1. The van der Waals surface area contributed by atoms with Gasteiger partial charge in [-0.3, -0.25) is 0 Å². The molecule has 1 saturated carbocycles. The van der Waals surface area contributed by atoms with Gasteiger partial charge in [0.2, 0.25) is 0 Å². The van der Waals surface area contributed by atoms with Crippen molar-refractivity contribution < 1.29 is 0 Å². The summed E-state index contributed by atoms with van der Waals surface area (Å²) in [6.07, 6.45) is 6.48. The van der Waals surface area contributed by atoms with E-state index in [-0.39, 0.29) is 5.54 Å². The fourth-order valence-corrected chi connectivity index (χ4v) is 3.60. The van der Waals surface area contributed by atoms with Crippen LogP contribution in [0.15, 0.2) is 23.7 Å². The summed E-state index contributed by atoms with van der Waals surface area (Å²) in [5.41, 5.74) is 8.45. The first-order valence-corrected chi connectivity index (χ1v) is 7.44. The van der Waals surface area contributed by atoms with E-state index in [0.29, 0.717) is 0 Å². The van der Waals surface area contributed by atoms with Crippen LogP contribution < -0.4 is 5.73 Å². The number of H-pyrrole nitrogens is 1. The van der Waals surface area contributed by atoms with Crippen LogP contribution in [0.4, 0.5) is 0 Å². The van der Waals surface area contributed by atoms with Gasteiger partial charge in [0.1, 0.15) is 5.01 Å². The van der Waals surface area contributed by atoms with Gasteiger partial charge in [0.05, 0.1) is 16.9 Å². The molecule has 2 aromatic heterocycles. The molecule has 0 atom stereocenters. The van der Waals surface area contributed by atoms with Crippen molar-refractivity contribution in [2.24, 2.45) is 11.7 Å². The zero-order chi connectivity index (χ0) is 12.6. The van der Waals surface area contributed by atoms with Crippen LogP contribution in [0.2, 0.25) is 0 Å². The number of nitrogens with zero attached hydrogens (tertiary/aromatic N) is 1. The van der Waals surface area contributed by atoms with Gasteiger partial charge < -0.3 is 10.7 Å². The molecule has 0 radical (unpaired) electrons. The van der Waals surface area contributed by atoms with Gasteiger partial charge in [0, 0.05) is 11.6 Å². The highest BCUT2D eigenvalue weighted by Crippen LogP contribution is 2.39. The zero-order valence-corrected chi connectivity index (χ0v) is 11.5. The normalized spacial score (nSPS) is 28.4. The molecule has 3 rings (SSSR count). The third-order valence-corrected chi connectivity index (χ3v) is 5.03. The average Bonchev–Trinajstić information content (AvgIpc) is 3.01. The molecule has 0 bridgehead atoms. The molecule has 0 unspecified atom stereocenters. The fraction of sp³-hybridized carbons (Fsp3) is 0.500. The summed E-state index contributed by atoms with van der Waals surface area (Å²) in [4.78, 5) is 7.93. The molecule has 1 aliphatic rings. The van der Waals surface area contributed by atoms with Crippen LogP contribution in [0, 0.1) is 5.92 Å². The predicted molar refractivity (Wildman–Crippen MR) is 75.4 cm³/mol. The van der Waals surface area contributed by atoms with Crippen LogP contribution in [0.1, 0.15) is 37.6 Å². The number of thiazole rings is 1. The minimum atomic E-state index is -0.192. The zero-order valence-electron chi connectivity index (χ0n) is 10.6. The molecular formula is C14H19N3S. The summed E-state index contributed by atoms with van der Waals surface area (Å²) in [6, 6.07) is 4.04. The minimum absolute atomic E-state index is 0.192. The Morgan fingerprint density at radius 2 is 2.22 bits per heavy atom. The number of nitrogens with one attached hydrogen (secondary N) is 1. The lowest BCUT2D eigenvalue weighted by Crippen LogP contribution is -2.40. The molecular weight excluding hydrogens is 242 g/mol. The molecule has 2 aromatic rings. The molecule has 3 N–H and O–H groups in total. The second kappa shape index (κ2) is 4.52. The topological polar surface area (TPSA) is 54.7 Å². The summed E-state index contributed by atoms with van der Waals surface area (Å²) in [6.45, 7) is 2.31. The first-order chi connectivity index (χ1) is 8.67. The van der Waals surface area contributed by atoms with Crippen LogP contribution in [0.25, 0.3) is 11.4 Å². The van der Waals surface area contributed by atoms with E-state index >= 15 is 0 Å². The van der Waals surface area contributed by atoms with Gasteiger partial charge in [-0.1, -0.05) is 6.92 Å². The second-order valence-corrected chi connectivity index (χ2v) is 6.32. The largest absolute Gasteiger partial charge is 0.360 e. The summed E-state index contributed by atoms with van der Waals surface area (Å²) in [5, 5.41) is 3.20. The Labute approximate surface area is 111 Å². The van der Waals surface area contributed by atoms with Crippen molar-refractivity contribution in [3.8, 4) is 11.4 Å². The highest BCUT2D eigenvalue weighted by Gasteiger charge is 2.34. The van der Waals surface area contributed by atoms with Gasteiger partial charge in [0.15, 0.2) is 0 Å². The van der Waals surface area contributed by atoms with Gasteiger partial charge >= 0.3 is 0 Å². The number of nitrogens with two attached hydrogens (primary N) is 1. The van der Waals surface area contributed by atoms with Crippen molar-refractivity contribution in [3.63, 3.8) is 0 Å². The van der Waals surface area contributed by atoms with Crippen LogP contribution in [0.3, 0.4) is 0 Å². The summed E-state index contributed by atoms with van der Waals surface area (Å²) < 4.78 is 0. The van der Waals surface area contributed by atoms with E-state index in [1.165, 1.54) is 12.8 Å². The first kappa shape index (κ1) is 11.9. The Kier molecular flexibility index (Phi) is 2.99. The molecule has 18 heavy (non-hydrogen) atoms. The first-order valence-electron chi connectivity index (χ1n) is 6.56. The van der Waals surface area contributed by atoms with E-state index in [2.05, 4.69) is 17.3 Å². The maximum absolute atomic E-state index is 6.55. The van der Waals surface area contributed by atoms with Gasteiger partial charge in [-0.05, 0) is 43.7 Å². The number of hydrogen-bond donors (Lipinski definition) is 2. The van der Waals surface area contributed by atoms with Crippen LogP contribution in [0.5, 0.6) is 0 Å². The van der Waals surface area contributed by atoms with Crippen molar-refractivity contribution in [1.29, 1.82) is 0 Å². The monoisotopic (exact) mass is 261 g/mol. The molecule has 0 spiro atoms. The Morgan fingerprint density at radius 3 is 2.89 bits per heavy atom. The lowest BCUT2D eigenvalue weighted by molar-refractivity contribution is 0.247. The van der Waals surface area contributed by atoms with Crippen LogP contribution >= 0.6 is 11.3 Å². The van der Waals surface area contributed by atoms with Crippen molar-refractivity contribution in [3.05, 3.63) is 28.7 Å². The highest BCUT2D eigenvalue weighted by atomic mass is 32.1. The standard InChI is InChI=1S/C14H19N3S/c1-10-4-6-14(15,7-5-10)13-17-12(9-18-13)11-3-2-8-16-11/h2-3,8-10,16H,4-7,15H2,1H3. The highest BCUT2D eigenvalue weighted by molar-refractivity contribution is 7.10. The van der Waals surface area contributed by atoms with E-state index < -0.39 is 0 Å². The van der Waals surface area contributed by atoms with E-state index in [1.807, 2.05) is 18.3 Å². The Bertz CT molecular complexity index is 507. The fourth-order valence-electron chi connectivity index (χ4n) is 2.61. The lowest BCUT2D eigenvalue weighted by atomic mass is 9.78. The van der Waals surface area contributed by atoms with Gasteiger partial charge in [-0.2, -0.15) is 0 Å². The van der Waals surface area contributed by atoms with Crippen LogP contribution in [-0.2, 0) is 5.54 Å². The Hall–Kier alpha value is -1.13. The van der Waals surface area contributed by atoms with Gasteiger partial charge in [-0.25, -0.2) is 4.98 Å². The second-order valence-electron chi connectivity index (χ2n) is 5.46. The molecule has 0 amide bonds. The van der Waals surface area contributed by atoms with Crippen molar-refractivity contribution in [2.75, 3.05) is 0 Å². The van der Waals surface area contributed by atoms with Crippen molar-refractivity contribution >= 4 is 11.3 Å². The molecule has 96 valence electrons. The van der Waals surface area contributed by atoms with Crippen molar-refractivity contribution in [2.45, 2.75) is 38.1 Å². The van der Waals surface area contributed by atoms with E-state index in [1.54, 1.807) is 11.3 Å². The third-order valence-electron chi connectivity index (χ3n) is 3.97. The quantitative estimate of drug-likeness (QED) is 0.869. The molecule has 0 aliphatic heterocycles. The summed E-state index contributed by atoms with van der Waals surface area (Å²) in [5.74, 6) is 0.810. The average molecular weight is 261 g/mol. The maximum atomic E-state index is 6.55. The number of hydrogen-bond acceptors (Lipinski definition) is 3. The molecule has 2 heterocycles. The molecule has 1 fully saturated rings. The molecule has 0 saturated heterocycles. The molecule has 3 nitrogen and oxygen atoms in total.